The molecule has 19 heavy (non-hydrogen) atoms. The van der Waals surface area contributed by atoms with Crippen molar-refractivity contribution >= 4 is 11.8 Å². The van der Waals surface area contributed by atoms with Gasteiger partial charge in [0.1, 0.15) is 5.60 Å². The lowest BCUT2D eigenvalue weighted by Crippen LogP contribution is -2.34. The van der Waals surface area contributed by atoms with Crippen LogP contribution >= 0.6 is 0 Å². The van der Waals surface area contributed by atoms with Crippen LogP contribution in [0, 0.1) is 0 Å². The Morgan fingerprint density at radius 1 is 1.26 bits per heavy atom. The zero-order chi connectivity index (χ0) is 14.6. The van der Waals surface area contributed by atoms with Gasteiger partial charge in [0.05, 0.1) is 0 Å². The van der Waals surface area contributed by atoms with Crippen LogP contribution in [0.15, 0.2) is 24.3 Å². The Labute approximate surface area is 112 Å². The average Bonchev–Trinajstić information content (AvgIpc) is 2.26. The number of hydrogen-bond acceptors (Lipinski definition) is 2. The van der Waals surface area contributed by atoms with Gasteiger partial charge in [-0.3, -0.25) is 4.90 Å². The summed E-state index contributed by atoms with van der Waals surface area (Å²) in [4.78, 5) is 13.2. The molecule has 3 nitrogen and oxygen atoms in total. The van der Waals surface area contributed by atoms with Crippen LogP contribution in [0.2, 0.25) is 0 Å². The van der Waals surface area contributed by atoms with Gasteiger partial charge in [-0.05, 0) is 38.5 Å². The minimum absolute atomic E-state index is 0.281. The molecule has 0 fully saturated rings. The summed E-state index contributed by atoms with van der Waals surface area (Å²) in [6, 6.07) is 6.42. The molecule has 0 bridgehead atoms. The van der Waals surface area contributed by atoms with E-state index >= 15 is 0 Å². The maximum Gasteiger partial charge on any atom is 0.414 e. The lowest BCUT2D eigenvalue weighted by Gasteiger charge is -2.24. The first-order chi connectivity index (χ1) is 8.69. The van der Waals surface area contributed by atoms with Gasteiger partial charge in [-0.25, -0.2) is 13.6 Å². The van der Waals surface area contributed by atoms with Crippen LogP contribution in [-0.2, 0) is 11.2 Å². The van der Waals surface area contributed by atoms with Gasteiger partial charge in [0.15, 0.2) is 0 Å². The first kappa shape index (κ1) is 15.4. The molecule has 1 aromatic carbocycles. The molecule has 0 saturated carbocycles. The van der Waals surface area contributed by atoms with E-state index in [0.29, 0.717) is 11.3 Å². The lowest BCUT2D eigenvalue weighted by atomic mass is 10.1. The zero-order valence-corrected chi connectivity index (χ0v) is 11.6. The summed E-state index contributed by atoms with van der Waals surface area (Å²) < 4.78 is 29.6. The second-order valence-corrected chi connectivity index (χ2v) is 5.30. The first-order valence-corrected chi connectivity index (χ1v) is 6.03. The van der Waals surface area contributed by atoms with Gasteiger partial charge in [-0.15, -0.1) is 0 Å². The monoisotopic (exact) mass is 271 g/mol. The molecule has 0 unspecified atom stereocenters. The standard InChI is InChI=1S/C14H19F2NO2/c1-14(2,3)19-13(18)17(4)11-7-5-10(6-8-11)9-12(15)16/h5-8,12H,9H2,1-4H3. The number of ether oxygens (including phenoxy) is 1. The molecule has 0 saturated heterocycles. The van der Waals surface area contributed by atoms with E-state index < -0.39 is 18.1 Å². The fraction of sp³-hybridized carbons (Fsp3) is 0.500. The summed E-state index contributed by atoms with van der Waals surface area (Å²) in [6.07, 6.45) is -3.13. The largest absolute Gasteiger partial charge is 0.443 e. The topological polar surface area (TPSA) is 29.5 Å². The third-order valence-corrected chi connectivity index (χ3v) is 2.38. The molecule has 0 aromatic heterocycles. The first-order valence-electron chi connectivity index (χ1n) is 6.03. The average molecular weight is 271 g/mol. The van der Waals surface area contributed by atoms with Gasteiger partial charge in [0.2, 0.25) is 6.43 Å². The van der Waals surface area contributed by atoms with Crippen molar-refractivity contribution in [3.63, 3.8) is 0 Å². The molecule has 0 spiro atoms. The van der Waals surface area contributed by atoms with Crippen molar-refractivity contribution in [2.75, 3.05) is 11.9 Å². The number of halogens is 2. The molecular formula is C14H19F2NO2. The van der Waals surface area contributed by atoms with E-state index in [2.05, 4.69) is 0 Å². The number of amides is 1. The maximum atomic E-state index is 12.2. The van der Waals surface area contributed by atoms with Crippen molar-refractivity contribution in [1.82, 2.24) is 0 Å². The van der Waals surface area contributed by atoms with Crippen molar-refractivity contribution < 1.29 is 18.3 Å². The van der Waals surface area contributed by atoms with Crippen LogP contribution in [0.3, 0.4) is 0 Å². The molecule has 1 aromatic rings. The highest BCUT2D eigenvalue weighted by atomic mass is 19.3. The number of alkyl halides is 2. The van der Waals surface area contributed by atoms with Crippen LogP contribution in [-0.4, -0.2) is 25.2 Å². The maximum absolute atomic E-state index is 12.2. The fourth-order valence-electron chi connectivity index (χ4n) is 1.47. The zero-order valence-electron chi connectivity index (χ0n) is 11.6. The number of nitrogens with zero attached hydrogens (tertiary/aromatic N) is 1. The minimum atomic E-state index is -2.37. The molecule has 0 heterocycles. The van der Waals surface area contributed by atoms with E-state index in [1.807, 2.05) is 0 Å². The fourth-order valence-corrected chi connectivity index (χ4v) is 1.47. The van der Waals surface area contributed by atoms with Gasteiger partial charge < -0.3 is 4.74 Å². The van der Waals surface area contributed by atoms with Gasteiger partial charge in [-0.1, -0.05) is 12.1 Å². The quantitative estimate of drug-likeness (QED) is 0.835. The number of carbonyl (C=O) groups excluding carboxylic acids is 1. The van der Waals surface area contributed by atoms with E-state index in [1.165, 1.54) is 4.90 Å². The molecule has 0 aliphatic rings. The molecule has 0 N–H and O–H groups in total. The van der Waals surface area contributed by atoms with Crippen molar-refractivity contribution in [3.8, 4) is 0 Å². The summed E-state index contributed by atoms with van der Waals surface area (Å²) in [5.74, 6) is 0. The Morgan fingerprint density at radius 3 is 2.21 bits per heavy atom. The van der Waals surface area contributed by atoms with E-state index in [0.717, 1.165) is 0 Å². The third kappa shape index (κ3) is 5.24. The number of benzene rings is 1. The highest BCUT2D eigenvalue weighted by molar-refractivity contribution is 5.87. The molecular weight excluding hydrogens is 252 g/mol. The number of rotatable bonds is 3. The van der Waals surface area contributed by atoms with Gasteiger partial charge in [0.25, 0.3) is 0 Å². The molecule has 0 radical (unpaired) electrons. The molecule has 1 amide bonds. The highest BCUT2D eigenvalue weighted by Gasteiger charge is 2.20. The second-order valence-electron chi connectivity index (χ2n) is 5.30. The van der Waals surface area contributed by atoms with E-state index in [9.17, 15) is 13.6 Å². The van der Waals surface area contributed by atoms with Crippen LogP contribution in [0.5, 0.6) is 0 Å². The summed E-state index contributed by atoms with van der Waals surface area (Å²) in [5.41, 5.74) is 0.574. The molecule has 5 heteroatoms. The SMILES string of the molecule is CN(C(=O)OC(C)(C)C)c1ccc(CC(F)F)cc1. The Morgan fingerprint density at radius 2 is 1.79 bits per heavy atom. The Bertz CT molecular complexity index is 424. The van der Waals surface area contributed by atoms with Crippen LogP contribution in [0.4, 0.5) is 19.3 Å². The van der Waals surface area contributed by atoms with E-state index in [-0.39, 0.29) is 6.42 Å². The second kappa shape index (κ2) is 5.99. The third-order valence-electron chi connectivity index (χ3n) is 2.38. The predicted molar refractivity (Wildman–Crippen MR) is 70.8 cm³/mol. The van der Waals surface area contributed by atoms with Crippen LogP contribution in [0.25, 0.3) is 0 Å². The highest BCUT2D eigenvalue weighted by Crippen LogP contribution is 2.18. The lowest BCUT2D eigenvalue weighted by molar-refractivity contribution is 0.0589. The smallest absolute Gasteiger partial charge is 0.414 e. The van der Waals surface area contributed by atoms with Crippen molar-refractivity contribution in [3.05, 3.63) is 29.8 Å². The van der Waals surface area contributed by atoms with Crippen molar-refractivity contribution in [1.29, 1.82) is 0 Å². The number of carbonyl (C=O) groups is 1. The van der Waals surface area contributed by atoms with Gasteiger partial charge in [-0.2, -0.15) is 0 Å². The molecule has 0 atom stereocenters. The summed E-state index contributed by atoms with van der Waals surface area (Å²) >= 11 is 0. The Hall–Kier alpha value is -1.65. The summed E-state index contributed by atoms with van der Waals surface area (Å²) in [6.45, 7) is 5.35. The molecule has 0 aliphatic carbocycles. The van der Waals surface area contributed by atoms with Gasteiger partial charge in [0, 0.05) is 19.2 Å². The molecule has 106 valence electrons. The van der Waals surface area contributed by atoms with E-state index in [1.54, 1.807) is 52.1 Å². The predicted octanol–water partition coefficient (Wildman–Crippen LogP) is 3.87. The minimum Gasteiger partial charge on any atom is -0.443 e. The molecule has 0 aliphatic heterocycles. The van der Waals surface area contributed by atoms with Crippen LogP contribution < -0.4 is 4.90 Å². The number of hydrogen-bond donors (Lipinski definition) is 0. The number of anilines is 1. The Kier molecular flexibility index (Phi) is 4.86. The van der Waals surface area contributed by atoms with Crippen LogP contribution in [0.1, 0.15) is 26.3 Å². The molecule has 1 rings (SSSR count). The summed E-state index contributed by atoms with van der Waals surface area (Å²) in [5, 5.41) is 0. The van der Waals surface area contributed by atoms with Gasteiger partial charge >= 0.3 is 6.09 Å². The normalized spacial score (nSPS) is 11.5. The Balaban J connectivity index is 2.72. The van der Waals surface area contributed by atoms with E-state index in [4.69, 9.17) is 4.74 Å². The van der Waals surface area contributed by atoms with Crippen molar-refractivity contribution in [2.24, 2.45) is 0 Å². The van der Waals surface area contributed by atoms with Crippen molar-refractivity contribution in [2.45, 2.75) is 39.2 Å². The summed E-state index contributed by atoms with van der Waals surface area (Å²) in [7, 11) is 1.58.